The Balaban J connectivity index is 1.97. The zero-order valence-electron chi connectivity index (χ0n) is 11.5. The maximum Gasteiger partial charge on any atom is 0.186 e. The molecule has 2 aliphatic rings. The Morgan fingerprint density at radius 3 is 3.11 bits per heavy atom. The van der Waals surface area contributed by atoms with Gasteiger partial charge < -0.3 is 10.1 Å². The van der Waals surface area contributed by atoms with Gasteiger partial charge in [0.1, 0.15) is 5.75 Å². The predicted molar refractivity (Wildman–Crippen MR) is 74.8 cm³/mol. The van der Waals surface area contributed by atoms with E-state index in [2.05, 4.69) is 18.3 Å². The lowest BCUT2D eigenvalue weighted by Gasteiger charge is -2.28. The molecule has 1 fully saturated rings. The van der Waals surface area contributed by atoms with Crippen LogP contribution in [0.3, 0.4) is 0 Å². The van der Waals surface area contributed by atoms with Crippen LogP contribution in [0.5, 0.6) is 5.75 Å². The van der Waals surface area contributed by atoms with Crippen molar-refractivity contribution in [1.82, 2.24) is 5.32 Å². The van der Waals surface area contributed by atoms with Crippen molar-refractivity contribution in [2.45, 2.75) is 44.6 Å². The molecule has 1 aromatic rings. The van der Waals surface area contributed by atoms with Crippen LogP contribution >= 0.6 is 0 Å². The summed E-state index contributed by atoms with van der Waals surface area (Å²) >= 11 is 0. The standard InChI is InChI=1S/C16H21NO2/c1-2-8-16(9-4-10-17-16)15(18)13-6-3-5-12-7-11-19-14(12)13/h3,5-6,17H,2,4,7-11H2,1H3. The molecule has 1 atom stereocenters. The first-order chi connectivity index (χ1) is 9.27. The Labute approximate surface area is 114 Å². The van der Waals surface area contributed by atoms with Gasteiger partial charge in [0.2, 0.25) is 0 Å². The van der Waals surface area contributed by atoms with Gasteiger partial charge in [0.05, 0.1) is 17.7 Å². The summed E-state index contributed by atoms with van der Waals surface area (Å²) in [6.45, 7) is 3.79. The molecule has 3 nitrogen and oxygen atoms in total. The molecule has 1 aromatic carbocycles. The average molecular weight is 259 g/mol. The van der Waals surface area contributed by atoms with E-state index < -0.39 is 0 Å². The zero-order chi connectivity index (χ0) is 13.3. The third kappa shape index (κ3) is 2.06. The number of ether oxygens (including phenoxy) is 1. The first-order valence-corrected chi connectivity index (χ1v) is 7.31. The monoisotopic (exact) mass is 259 g/mol. The van der Waals surface area contributed by atoms with Crippen LogP contribution in [0.15, 0.2) is 18.2 Å². The second-order valence-corrected chi connectivity index (χ2v) is 5.58. The number of nitrogens with one attached hydrogen (secondary N) is 1. The maximum absolute atomic E-state index is 13.0. The number of fused-ring (bicyclic) bond motifs is 1. The number of Topliss-reactive ketones (excluding diaryl/α,β-unsaturated/α-hetero) is 1. The molecule has 0 saturated carbocycles. The van der Waals surface area contributed by atoms with Gasteiger partial charge in [-0.15, -0.1) is 0 Å². The summed E-state index contributed by atoms with van der Waals surface area (Å²) in [4.78, 5) is 13.0. The fourth-order valence-corrected chi connectivity index (χ4v) is 3.41. The quantitative estimate of drug-likeness (QED) is 0.845. The van der Waals surface area contributed by atoms with Gasteiger partial charge in [-0.3, -0.25) is 4.79 Å². The minimum absolute atomic E-state index is 0.227. The lowest BCUT2D eigenvalue weighted by atomic mass is 9.83. The first-order valence-electron chi connectivity index (χ1n) is 7.31. The molecule has 1 unspecified atom stereocenters. The average Bonchev–Trinajstić information content (AvgIpc) is 3.06. The second-order valence-electron chi connectivity index (χ2n) is 5.58. The predicted octanol–water partition coefficient (Wildman–Crippen LogP) is 2.73. The van der Waals surface area contributed by atoms with Gasteiger partial charge in [0.15, 0.2) is 5.78 Å². The minimum Gasteiger partial charge on any atom is -0.492 e. The van der Waals surface area contributed by atoms with Crippen LogP contribution in [0.1, 0.15) is 48.5 Å². The first kappa shape index (κ1) is 12.7. The van der Waals surface area contributed by atoms with Crippen LogP contribution in [-0.4, -0.2) is 24.5 Å². The molecule has 0 bridgehead atoms. The number of para-hydroxylation sites is 1. The Hall–Kier alpha value is -1.35. The molecule has 1 N–H and O–H groups in total. The van der Waals surface area contributed by atoms with E-state index in [4.69, 9.17) is 4.74 Å². The van der Waals surface area contributed by atoms with Crippen molar-refractivity contribution < 1.29 is 9.53 Å². The highest BCUT2D eigenvalue weighted by Crippen LogP contribution is 2.35. The molecule has 3 heteroatoms. The normalized spacial score (nSPS) is 25.1. The van der Waals surface area contributed by atoms with Gasteiger partial charge >= 0.3 is 0 Å². The number of hydrogen-bond acceptors (Lipinski definition) is 3. The van der Waals surface area contributed by atoms with Crippen LogP contribution in [0.4, 0.5) is 0 Å². The van der Waals surface area contributed by atoms with Gasteiger partial charge in [-0.05, 0) is 37.4 Å². The molecule has 102 valence electrons. The molecule has 0 spiro atoms. The van der Waals surface area contributed by atoms with Crippen molar-refractivity contribution in [3.8, 4) is 5.75 Å². The highest BCUT2D eigenvalue weighted by molar-refractivity contribution is 6.06. The molecule has 3 rings (SSSR count). The summed E-state index contributed by atoms with van der Waals surface area (Å²) in [6, 6.07) is 5.97. The summed E-state index contributed by atoms with van der Waals surface area (Å²) in [5.41, 5.74) is 1.60. The summed E-state index contributed by atoms with van der Waals surface area (Å²) in [6.07, 6.45) is 4.89. The van der Waals surface area contributed by atoms with Gasteiger partial charge in [-0.25, -0.2) is 0 Å². The topological polar surface area (TPSA) is 38.3 Å². The van der Waals surface area contributed by atoms with Gasteiger partial charge in [-0.2, -0.15) is 0 Å². The van der Waals surface area contributed by atoms with Crippen LogP contribution in [-0.2, 0) is 6.42 Å². The van der Waals surface area contributed by atoms with Crippen molar-refractivity contribution in [2.75, 3.05) is 13.2 Å². The molecular weight excluding hydrogens is 238 g/mol. The van der Waals surface area contributed by atoms with Crippen LogP contribution < -0.4 is 10.1 Å². The molecule has 1 saturated heterocycles. The number of carbonyl (C=O) groups excluding carboxylic acids is 1. The van der Waals surface area contributed by atoms with E-state index in [-0.39, 0.29) is 11.3 Å². The van der Waals surface area contributed by atoms with Crippen molar-refractivity contribution in [2.24, 2.45) is 0 Å². The second kappa shape index (κ2) is 4.97. The summed E-state index contributed by atoms with van der Waals surface area (Å²) in [5.74, 6) is 1.06. The smallest absolute Gasteiger partial charge is 0.186 e. The maximum atomic E-state index is 13.0. The number of hydrogen-bond donors (Lipinski definition) is 1. The number of rotatable bonds is 4. The number of ketones is 1. The van der Waals surface area contributed by atoms with Crippen molar-refractivity contribution >= 4 is 5.78 Å². The molecular formula is C16H21NO2. The highest BCUT2D eigenvalue weighted by Gasteiger charge is 2.41. The van der Waals surface area contributed by atoms with Crippen LogP contribution in [0.25, 0.3) is 0 Å². The molecule has 19 heavy (non-hydrogen) atoms. The van der Waals surface area contributed by atoms with Gasteiger partial charge in [0, 0.05) is 6.42 Å². The molecule has 0 radical (unpaired) electrons. The van der Waals surface area contributed by atoms with Gasteiger partial charge in [0.25, 0.3) is 0 Å². The molecule has 2 aliphatic heterocycles. The van der Waals surface area contributed by atoms with E-state index in [1.54, 1.807) is 0 Å². The van der Waals surface area contributed by atoms with E-state index in [1.165, 1.54) is 5.56 Å². The van der Waals surface area contributed by atoms with Crippen molar-refractivity contribution in [3.05, 3.63) is 29.3 Å². The highest BCUT2D eigenvalue weighted by atomic mass is 16.5. The van der Waals surface area contributed by atoms with E-state index in [1.807, 2.05) is 12.1 Å². The Morgan fingerprint density at radius 1 is 1.47 bits per heavy atom. The van der Waals surface area contributed by atoms with E-state index in [9.17, 15) is 4.79 Å². The molecule has 0 aliphatic carbocycles. The Morgan fingerprint density at radius 2 is 2.37 bits per heavy atom. The summed E-state index contributed by atoms with van der Waals surface area (Å²) in [5, 5.41) is 3.46. The largest absolute Gasteiger partial charge is 0.492 e. The Bertz CT molecular complexity index is 490. The van der Waals surface area contributed by atoms with Crippen LogP contribution in [0, 0.1) is 0 Å². The molecule has 0 aromatic heterocycles. The van der Waals surface area contributed by atoms with E-state index in [0.29, 0.717) is 6.61 Å². The van der Waals surface area contributed by atoms with E-state index >= 15 is 0 Å². The Kier molecular flexibility index (Phi) is 3.31. The van der Waals surface area contributed by atoms with Crippen molar-refractivity contribution in [3.63, 3.8) is 0 Å². The molecule has 2 heterocycles. The SMILES string of the molecule is CCCC1(C(=O)c2cccc3c2OCC3)CCCN1. The third-order valence-electron chi connectivity index (χ3n) is 4.31. The zero-order valence-corrected chi connectivity index (χ0v) is 11.5. The van der Waals surface area contributed by atoms with Crippen molar-refractivity contribution in [1.29, 1.82) is 0 Å². The number of carbonyl (C=O) groups is 1. The van der Waals surface area contributed by atoms with E-state index in [0.717, 1.165) is 50.0 Å². The summed E-state index contributed by atoms with van der Waals surface area (Å²) in [7, 11) is 0. The lowest BCUT2D eigenvalue weighted by molar-refractivity contribution is 0.0854. The fraction of sp³-hybridized carbons (Fsp3) is 0.562. The fourth-order valence-electron chi connectivity index (χ4n) is 3.41. The third-order valence-corrected chi connectivity index (χ3v) is 4.31. The summed E-state index contributed by atoms with van der Waals surface area (Å²) < 4.78 is 5.68. The van der Waals surface area contributed by atoms with Gasteiger partial charge in [-0.1, -0.05) is 25.5 Å². The lowest BCUT2D eigenvalue weighted by Crippen LogP contribution is -2.47. The minimum atomic E-state index is -0.351. The van der Waals surface area contributed by atoms with Crippen LogP contribution in [0.2, 0.25) is 0 Å². The number of benzene rings is 1. The molecule has 0 amide bonds.